The Morgan fingerprint density at radius 1 is 0.929 bits per heavy atom. The van der Waals surface area contributed by atoms with Gasteiger partial charge in [0, 0.05) is 6.07 Å². The zero-order valence-electron chi connectivity index (χ0n) is 15.8. The van der Waals surface area contributed by atoms with Crippen LogP contribution in [-0.2, 0) is 9.53 Å². The highest BCUT2D eigenvalue weighted by atomic mass is 35.5. The van der Waals surface area contributed by atoms with Gasteiger partial charge < -0.3 is 29.0 Å². The Hall–Kier alpha value is -3.13. The molecular formula is C19H20ClNO7. The molecule has 0 aliphatic rings. The van der Waals surface area contributed by atoms with Gasteiger partial charge in [0.1, 0.15) is 11.5 Å². The quantitative estimate of drug-likeness (QED) is 0.669. The van der Waals surface area contributed by atoms with Crippen molar-refractivity contribution in [2.24, 2.45) is 0 Å². The minimum atomic E-state index is -0.740. The molecule has 0 aliphatic heterocycles. The van der Waals surface area contributed by atoms with E-state index in [0.29, 0.717) is 22.9 Å². The number of nitrogens with one attached hydrogen (secondary N) is 1. The summed E-state index contributed by atoms with van der Waals surface area (Å²) in [5.41, 5.74) is 0.506. The first-order chi connectivity index (χ1) is 13.4. The Morgan fingerprint density at radius 3 is 2.25 bits per heavy atom. The van der Waals surface area contributed by atoms with E-state index in [2.05, 4.69) is 5.32 Å². The van der Waals surface area contributed by atoms with E-state index in [9.17, 15) is 9.59 Å². The molecule has 2 aromatic carbocycles. The highest BCUT2D eigenvalue weighted by Gasteiger charge is 2.18. The average molecular weight is 410 g/mol. The second-order valence-electron chi connectivity index (χ2n) is 5.38. The van der Waals surface area contributed by atoms with Crippen molar-refractivity contribution in [2.75, 3.05) is 40.4 Å². The van der Waals surface area contributed by atoms with Gasteiger partial charge in [0.2, 0.25) is 0 Å². The van der Waals surface area contributed by atoms with Gasteiger partial charge >= 0.3 is 5.97 Å². The van der Waals surface area contributed by atoms with Crippen LogP contribution < -0.4 is 24.3 Å². The van der Waals surface area contributed by atoms with E-state index in [1.165, 1.54) is 40.6 Å². The standard InChI is InChI=1S/C19H20ClNO7/c1-24-12-5-6-15(25-2)14(9-12)21-17(22)10-28-19(23)11-7-13(20)18(27-4)16(8-11)26-3/h5-9H,10H2,1-4H3,(H,21,22). The van der Waals surface area contributed by atoms with Crippen LogP contribution in [-0.4, -0.2) is 46.9 Å². The van der Waals surface area contributed by atoms with Gasteiger partial charge in [-0.15, -0.1) is 0 Å². The summed E-state index contributed by atoms with van der Waals surface area (Å²) in [5, 5.41) is 2.78. The summed E-state index contributed by atoms with van der Waals surface area (Å²) >= 11 is 6.07. The second kappa shape index (κ2) is 9.70. The lowest BCUT2D eigenvalue weighted by Crippen LogP contribution is -2.21. The van der Waals surface area contributed by atoms with Gasteiger partial charge in [0.15, 0.2) is 18.1 Å². The number of carbonyl (C=O) groups excluding carboxylic acids is 2. The van der Waals surface area contributed by atoms with Crippen LogP contribution >= 0.6 is 11.6 Å². The molecule has 0 saturated heterocycles. The van der Waals surface area contributed by atoms with Gasteiger partial charge in [-0.1, -0.05) is 11.6 Å². The van der Waals surface area contributed by atoms with Gasteiger partial charge in [0.25, 0.3) is 5.91 Å². The smallest absolute Gasteiger partial charge is 0.338 e. The first-order valence-corrected chi connectivity index (χ1v) is 8.41. The molecule has 0 atom stereocenters. The largest absolute Gasteiger partial charge is 0.497 e. The predicted octanol–water partition coefficient (Wildman–Crippen LogP) is 3.17. The van der Waals surface area contributed by atoms with Crippen LogP contribution in [0.1, 0.15) is 10.4 Å². The van der Waals surface area contributed by atoms with Crippen molar-refractivity contribution in [2.45, 2.75) is 0 Å². The van der Waals surface area contributed by atoms with Crippen LogP contribution in [0.4, 0.5) is 5.69 Å². The zero-order chi connectivity index (χ0) is 20.7. The van der Waals surface area contributed by atoms with Crippen LogP contribution in [0.2, 0.25) is 5.02 Å². The van der Waals surface area contributed by atoms with Crippen LogP contribution in [0.5, 0.6) is 23.0 Å². The molecule has 0 unspecified atom stereocenters. The minimum absolute atomic E-state index is 0.120. The van der Waals surface area contributed by atoms with Crippen molar-refractivity contribution < 1.29 is 33.3 Å². The molecule has 1 N–H and O–H groups in total. The normalized spacial score (nSPS) is 10.0. The lowest BCUT2D eigenvalue weighted by molar-refractivity contribution is -0.119. The molecule has 2 aromatic rings. The molecule has 0 heterocycles. The molecule has 8 nitrogen and oxygen atoms in total. The fourth-order valence-corrected chi connectivity index (χ4v) is 2.64. The second-order valence-corrected chi connectivity index (χ2v) is 5.79. The number of rotatable bonds is 8. The van der Waals surface area contributed by atoms with Crippen molar-refractivity contribution in [1.29, 1.82) is 0 Å². The fourth-order valence-electron chi connectivity index (χ4n) is 2.35. The number of amides is 1. The number of anilines is 1. The van der Waals surface area contributed by atoms with Crippen LogP contribution in [0.25, 0.3) is 0 Å². The highest BCUT2D eigenvalue weighted by molar-refractivity contribution is 6.32. The van der Waals surface area contributed by atoms with Crippen LogP contribution in [0.3, 0.4) is 0 Å². The summed E-state index contributed by atoms with van der Waals surface area (Å²) < 4.78 is 25.6. The topological polar surface area (TPSA) is 92.3 Å². The van der Waals surface area contributed by atoms with Crippen LogP contribution in [0.15, 0.2) is 30.3 Å². The maximum atomic E-state index is 12.2. The number of hydrogen-bond acceptors (Lipinski definition) is 7. The molecule has 0 aromatic heterocycles. The summed E-state index contributed by atoms with van der Waals surface area (Å²) in [5.74, 6) is 0.249. The van der Waals surface area contributed by atoms with Crippen LogP contribution in [0, 0.1) is 0 Å². The summed E-state index contributed by atoms with van der Waals surface area (Å²) in [6, 6.07) is 7.71. The van der Waals surface area contributed by atoms with E-state index in [4.69, 9.17) is 35.3 Å². The van der Waals surface area contributed by atoms with Crippen molar-refractivity contribution in [1.82, 2.24) is 0 Å². The third-order valence-corrected chi connectivity index (χ3v) is 3.97. The van der Waals surface area contributed by atoms with Gasteiger partial charge in [-0.25, -0.2) is 4.79 Å². The number of benzene rings is 2. The third-order valence-electron chi connectivity index (χ3n) is 3.68. The summed E-state index contributed by atoms with van der Waals surface area (Å²) in [6.45, 7) is -0.509. The lowest BCUT2D eigenvalue weighted by atomic mass is 10.2. The number of esters is 1. The van der Waals surface area contributed by atoms with Gasteiger partial charge in [-0.3, -0.25) is 4.79 Å². The van der Waals surface area contributed by atoms with E-state index in [1.807, 2.05) is 0 Å². The highest BCUT2D eigenvalue weighted by Crippen LogP contribution is 2.36. The number of halogens is 1. The van der Waals surface area contributed by atoms with Crippen molar-refractivity contribution >= 4 is 29.2 Å². The van der Waals surface area contributed by atoms with Gasteiger partial charge in [-0.2, -0.15) is 0 Å². The van der Waals surface area contributed by atoms with E-state index in [0.717, 1.165) is 0 Å². The van der Waals surface area contributed by atoms with Crippen molar-refractivity contribution in [3.63, 3.8) is 0 Å². The number of ether oxygens (including phenoxy) is 5. The monoisotopic (exact) mass is 409 g/mol. The Bertz CT molecular complexity index is 870. The van der Waals surface area contributed by atoms with E-state index in [1.54, 1.807) is 18.2 Å². The Labute approximate surface area is 167 Å². The molecule has 0 radical (unpaired) electrons. The van der Waals surface area contributed by atoms with E-state index < -0.39 is 18.5 Å². The predicted molar refractivity (Wildman–Crippen MR) is 103 cm³/mol. The zero-order valence-corrected chi connectivity index (χ0v) is 16.6. The van der Waals surface area contributed by atoms with Gasteiger partial charge in [0.05, 0.1) is 44.7 Å². The molecule has 0 fully saturated rings. The molecule has 9 heteroatoms. The van der Waals surface area contributed by atoms with Crippen molar-refractivity contribution in [3.8, 4) is 23.0 Å². The Kier molecular flexibility index (Phi) is 7.34. The maximum absolute atomic E-state index is 12.2. The molecule has 0 bridgehead atoms. The van der Waals surface area contributed by atoms with Crippen molar-refractivity contribution in [3.05, 3.63) is 40.9 Å². The number of methoxy groups -OCH3 is 4. The molecule has 1 amide bonds. The molecule has 0 saturated carbocycles. The Balaban J connectivity index is 2.05. The molecule has 28 heavy (non-hydrogen) atoms. The Morgan fingerprint density at radius 2 is 1.64 bits per heavy atom. The fraction of sp³-hybridized carbons (Fsp3) is 0.263. The maximum Gasteiger partial charge on any atom is 0.338 e. The molecular weight excluding hydrogens is 390 g/mol. The summed E-state index contributed by atoms with van der Waals surface area (Å²) in [7, 11) is 5.82. The summed E-state index contributed by atoms with van der Waals surface area (Å²) in [6.07, 6.45) is 0. The molecule has 2 rings (SSSR count). The number of hydrogen-bond donors (Lipinski definition) is 1. The first kappa shape index (κ1) is 21.2. The first-order valence-electron chi connectivity index (χ1n) is 8.04. The molecule has 0 aliphatic carbocycles. The SMILES string of the molecule is COc1ccc(OC)c(NC(=O)COC(=O)c2cc(Cl)c(OC)c(OC)c2)c1. The lowest BCUT2D eigenvalue weighted by Gasteiger charge is -2.13. The average Bonchev–Trinajstić information content (AvgIpc) is 2.71. The summed E-state index contributed by atoms with van der Waals surface area (Å²) in [4.78, 5) is 24.4. The van der Waals surface area contributed by atoms with E-state index in [-0.39, 0.29) is 16.3 Å². The van der Waals surface area contributed by atoms with E-state index >= 15 is 0 Å². The molecule has 0 spiro atoms. The minimum Gasteiger partial charge on any atom is -0.497 e. The third kappa shape index (κ3) is 4.98. The molecule has 150 valence electrons. The number of carbonyl (C=O) groups is 2. The van der Waals surface area contributed by atoms with Gasteiger partial charge in [-0.05, 0) is 24.3 Å².